The van der Waals surface area contributed by atoms with Crippen LogP contribution in [0, 0.1) is 0 Å². The summed E-state index contributed by atoms with van der Waals surface area (Å²) in [6.07, 6.45) is 4.63. The summed E-state index contributed by atoms with van der Waals surface area (Å²) in [5, 5.41) is 12.6. The fourth-order valence-corrected chi connectivity index (χ4v) is 2.68. The van der Waals surface area contributed by atoms with E-state index in [1.807, 2.05) is 36.7 Å². The van der Waals surface area contributed by atoms with Crippen LogP contribution in [-0.2, 0) is 19.6 Å². The Bertz CT molecular complexity index is 754. The Morgan fingerprint density at radius 1 is 0.792 bits per heavy atom. The number of pyridine rings is 1. The van der Waals surface area contributed by atoms with E-state index in [4.69, 9.17) is 5.11 Å². The molecule has 1 aromatic heterocycles. The lowest BCUT2D eigenvalue weighted by molar-refractivity contribution is 0.282. The van der Waals surface area contributed by atoms with Gasteiger partial charge in [-0.3, -0.25) is 4.98 Å². The number of aliphatic hydroxyl groups is 1. The van der Waals surface area contributed by atoms with Crippen LogP contribution in [0.4, 0.5) is 0 Å². The molecule has 0 atom stereocenters. The van der Waals surface area contributed by atoms with Crippen molar-refractivity contribution < 1.29 is 5.11 Å². The maximum atomic E-state index is 9.06. The molecule has 0 bridgehead atoms. The Balaban J connectivity index is 1.51. The van der Waals surface area contributed by atoms with Gasteiger partial charge in [0.1, 0.15) is 0 Å². The minimum absolute atomic E-state index is 0.104. The van der Waals surface area contributed by atoms with E-state index in [1.54, 1.807) is 0 Å². The summed E-state index contributed by atoms with van der Waals surface area (Å²) in [7, 11) is 0. The molecule has 0 amide bonds. The molecule has 122 valence electrons. The highest BCUT2D eigenvalue weighted by Crippen LogP contribution is 2.19. The van der Waals surface area contributed by atoms with Crippen LogP contribution >= 0.6 is 0 Å². The fourth-order valence-electron chi connectivity index (χ4n) is 2.68. The van der Waals surface area contributed by atoms with Crippen molar-refractivity contribution in [3.05, 3.63) is 89.7 Å². The Labute approximate surface area is 143 Å². The summed E-state index contributed by atoms with van der Waals surface area (Å²) < 4.78 is 0. The van der Waals surface area contributed by atoms with Gasteiger partial charge in [-0.25, -0.2) is 0 Å². The van der Waals surface area contributed by atoms with Crippen molar-refractivity contribution in [2.75, 3.05) is 6.54 Å². The van der Waals surface area contributed by atoms with Gasteiger partial charge in [-0.15, -0.1) is 0 Å². The number of hydrogen-bond donors (Lipinski definition) is 2. The zero-order valence-electron chi connectivity index (χ0n) is 13.7. The van der Waals surface area contributed by atoms with Crippen LogP contribution in [0.25, 0.3) is 11.1 Å². The lowest BCUT2D eigenvalue weighted by Crippen LogP contribution is -2.16. The third-order valence-corrected chi connectivity index (χ3v) is 4.07. The molecule has 24 heavy (non-hydrogen) atoms. The molecule has 0 radical (unpaired) electrons. The zero-order chi connectivity index (χ0) is 16.6. The van der Waals surface area contributed by atoms with Crippen molar-refractivity contribution in [3.63, 3.8) is 0 Å². The molecule has 0 aliphatic carbocycles. The third kappa shape index (κ3) is 4.51. The second-order valence-electron chi connectivity index (χ2n) is 5.84. The average molecular weight is 318 g/mol. The van der Waals surface area contributed by atoms with Gasteiger partial charge in [-0.05, 0) is 59.0 Å². The van der Waals surface area contributed by atoms with Crippen LogP contribution in [-0.4, -0.2) is 16.6 Å². The molecule has 3 rings (SSSR count). The monoisotopic (exact) mass is 318 g/mol. The maximum Gasteiger partial charge on any atom is 0.0681 e. The van der Waals surface area contributed by atoms with Crippen LogP contribution in [0.2, 0.25) is 0 Å². The fraction of sp³-hybridized carbons (Fsp3) is 0.190. The van der Waals surface area contributed by atoms with E-state index in [0.717, 1.165) is 25.1 Å². The van der Waals surface area contributed by atoms with Crippen molar-refractivity contribution in [1.82, 2.24) is 10.3 Å². The third-order valence-electron chi connectivity index (χ3n) is 4.07. The number of hydrogen-bond acceptors (Lipinski definition) is 3. The van der Waals surface area contributed by atoms with Gasteiger partial charge in [0.2, 0.25) is 0 Å². The normalized spacial score (nSPS) is 10.7. The summed E-state index contributed by atoms with van der Waals surface area (Å²) in [6, 6.07) is 20.8. The van der Waals surface area contributed by atoms with E-state index < -0.39 is 0 Å². The van der Waals surface area contributed by atoms with Crippen LogP contribution in [0.15, 0.2) is 73.1 Å². The zero-order valence-corrected chi connectivity index (χ0v) is 13.7. The molecule has 0 saturated carbocycles. The molecule has 2 N–H and O–H groups in total. The van der Waals surface area contributed by atoms with Crippen LogP contribution in [0.3, 0.4) is 0 Å². The van der Waals surface area contributed by atoms with E-state index in [0.29, 0.717) is 0 Å². The summed E-state index contributed by atoms with van der Waals surface area (Å²) in [4.78, 5) is 4.07. The molecule has 3 nitrogen and oxygen atoms in total. The van der Waals surface area contributed by atoms with Crippen LogP contribution < -0.4 is 5.32 Å². The smallest absolute Gasteiger partial charge is 0.0681 e. The molecule has 0 aliphatic rings. The minimum atomic E-state index is 0.104. The number of aliphatic hydroxyl groups excluding tert-OH is 1. The first-order valence-electron chi connectivity index (χ1n) is 8.24. The highest BCUT2D eigenvalue weighted by atomic mass is 16.3. The first-order chi connectivity index (χ1) is 11.8. The number of benzene rings is 2. The van der Waals surface area contributed by atoms with Crippen LogP contribution in [0.5, 0.6) is 0 Å². The molecule has 0 spiro atoms. The van der Waals surface area contributed by atoms with Gasteiger partial charge in [-0.1, -0.05) is 42.5 Å². The summed E-state index contributed by atoms with van der Waals surface area (Å²) in [6.45, 7) is 1.89. The predicted octanol–water partition coefficient (Wildman–Crippen LogP) is 3.57. The predicted molar refractivity (Wildman–Crippen MR) is 97.4 cm³/mol. The quantitative estimate of drug-likeness (QED) is 0.655. The van der Waals surface area contributed by atoms with E-state index in [2.05, 4.69) is 46.7 Å². The Morgan fingerprint density at radius 2 is 1.54 bits per heavy atom. The minimum Gasteiger partial charge on any atom is -0.392 e. The molecule has 2 aromatic carbocycles. The summed E-state index contributed by atoms with van der Waals surface area (Å²) in [5.74, 6) is 0. The molecule has 3 aromatic rings. The number of rotatable bonds is 7. The Morgan fingerprint density at radius 3 is 2.29 bits per heavy atom. The van der Waals surface area contributed by atoms with Gasteiger partial charge in [0.25, 0.3) is 0 Å². The van der Waals surface area contributed by atoms with Crippen LogP contribution in [0.1, 0.15) is 16.7 Å². The maximum absolute atomic E-state index is 9.06. The highest BCUT2D eigenvalue weighted by Gasteiger charge is 1.99. The topological polar surface area (TPSA) is 45.1 Å². The SMILES string of the molecule is OCc1ccc(CCNCc2cccc(-c3ccncc3)c2)cc1. The van der Waals surface area contributed by atoms with Gasteiger partial charge in [0, 0.05) is 18.9 Å². The number of nitrogens with zero attached hydrogens (tertiary/aromatic N) is 1. The second-order valence-corrected chi connectivity index (χ2v) is 5.84. The number of aromatic nitrogens is 1. The lowest BCUT2D eigenvalue weighted by atomic mass is 10.0. The molecular formula is C21H22N2O. The standard InChI is InChI=1S/C21H22N2O/c24-16-18-6-4-17(5-7-18)8-11-23-15-19-2-1-3-21(14-19)20-9-12-22-13-10-20/h1-7,9-10,12-14,23-24H,8,11,15-16H2. The van der Waals surface area contributed by atoms with E-state index in [-0.39, 0.29) is 6.61 Å². The Kier molecular flexibility index (Phi) is 5.72. The molecule has 0 aliphatic heterocycles. The second kappa shape index (κ2) is 8.39. The Hall–Kier alpha value is -2.49. The molecule has 0 saturated heterocycles. The highest BCUT2D eigenvalue weighted by molar-refractivity contribution is 5.63. The van der Waals surface area contributed by atoms with E-state index >= 15 is 0 Å². The van der Waals surface area contributed by atoms with Gasteiger partial charge in [0.15, 0.2) is 0 Å². The van der Waals surface area contributed by atoms with Gasteiger partial charge in [-0.2, -0.15) is 0 Å². The van der Waals surface area contributed by atoms with Crippen molar-refractivity contribution in [2.45, 2.75) is 19.6 Å². The van der Waals surface area contributed by atoms with E-state index in [9.17, 15) is 0 Å². The van der Waals surface area contributed by atoms with Crippen molar-refractivity contribution in [1.29, 1.82) is 0 Å². The van der Waals surface area contributed by atoms with Gasteiger partial charge >= 0.3 is 0 Å². The number of nitrogens with one attached hydrogen (secondary N) is 1. The molecule has 1 heterocycles. The van der Waals surface area contributed by atoms with Gasteiger partial charge < -0.3 is 10.4 Å². The average Bonchev–Trinajstić information content (AvgIpc) is 2.67. The van der Waals surface area contributed by atoms with Gasteiger partial charge in [0.05, 0.1) is 6.61 Å². The molecule has 3 heteroatoms. The van der Waals surface area contributed by atoms with Crippen molar-refractivity contribution >= 4 is 0 Å². The van der Waals surface area contributed by atoms with E-state index in [1.165, 1.54) is 22.3 Å². The molecular weight excluding hydrogens is 296 g/mol. The van der Waals surface area contributed by atoms with Crippen molar-refractivity contribution in [3.8, 4) is 11.1 Å². The molecule has 0 unspecified atom stereocenters. The largest absolute Gasteiger partial charge is 0.392 e. The summed E-state index contributed by atoms with van der Waals surface area (Å²) in [5.41, 5.74) is 5.93. The first-order valence-corrected chi connectivity index (χ1v) is 8.24. The lowest BCUT2D eigenvalue weighted by Gasteiger charge is -2.08. The molecule has 0 fully saturated rings. The summed E-state index contributed by atoms with van der Waals surface area (Å²) >= 11 is 0. The van der Waals surface area contributed by atoms with Crippen molar-refractivity contribution in [2.24, 2.45) is 0 Å². The first kappa shape index (κ1) is 16.4.